The van der Waals surface area contributed by atoms with E-state index in [-0.39, 0.29) is 5.91 Å². The Balaban J connectivity index is 2.05. The number of fused-ring (bicyclic) bond motifs is 1. The minimum Gasteiger partial charge on any atom is -0.384 e. The summed E-state index contributed by atoms with van der Waals surface area (Å²) in [6, 6.07) is 6.39. The number of hydrogen-bond acceptors (Lipinski definition) is 5. The van der Waals surface area contributed by atoms with Gasteiger partial charge in [-0.15, -0.1) is 0 Å². The van der Waals surface area contributed by atoms with Gasteiger partial charge in [-0.3, -0.25) is 4.79 Å². The van der Waals surface area contributed by atoms with E-state index in [2.05, 4.69) is 29.2 Å². The van der Waals surface area contributed by atoms with E-state index < -0.39 is 5.82 Å². The summed E-state index contributed by atoms with van der Waals surface area (Å²) in [6.45, 7) is 9.18. The van der Waals surface area contributed by atoms with Gasteiger partial charge in [-0.2, -0.15) is 0 Å². The van der Waals surface area contributed by atoms with E-state index in [1.807, 2.05) is 6.92 Å². The van der Waals surface area contributed by atoms with E-state index in [4.69, 9.17) is 4.84 Å². The summed E-state index contributed by atoms with van der Waals surface area (Å²) in [5.74, 6) is 0.0174. The molecule has 2 aliphatic heterocycles. The molecular formula is C20H25FN4O2. The van der Waals surface area contributed by atoms with E-state index in [1.165, 1.54) is 12.3 Å². The van der Waals surface area contributed by atoms with Gasteiger partial charge in [0.25, 0.3) is 5.91 Å². The lowest BCUT2D eigenvalue weighted by Gasteiger charge is -2.25. The standard InChI is InChI=1S/C20H25FN4O2/c1-4-16-20-19(23-27-16)18(14-9-7-8-10-15(14)21)22-13-17(26)25(20)12-11-24(5-2)6-3/h7-10,13,23H,4-6,11-12H2,1-3H3. The number of benzene rings is 1. The number of amides is 1. The first-order chi connectivity index (χ1) is 13.1. The van der Waals surface area contributed by atoms with E-state index in [1.54, 1.807) is 23.1 Å². The summed E-state index contributed by atoms with van der Waals surface area (Å²) in [6.07, 6.45) is 1.86. The Hall–Kier alpha value is -2.67. The molecule has 0 bridgehead atoms. The number of rotatable bonds is 7. The van der Waals surface area contributed by atoms with Crippen LogP contribution in [-0.2, 0) is 9.63 Å². The molecule has 3 rings (SSSR count). The van der Waals surface area contributed by atoms with E-state index in [0.29, 0.717) is 41.4 Å². The van der Waals surface area contributed by atoms with Crippen LogP contribution < -0.4 is 5.48 Å². The maximum Gasteiger partial charge on any atom is 0.269 e. The third-order valence-electron chi connectivity index (χ3n) is 4.84. The molecule has 0 aliphatic carbocycles. The third-order valence-corrected chi connectivity index (χ3v) is 4.84. The third kappa shape index (κ3) is 3.73. The normalized spacial score (nSPS) is 16.6. The van der Waals surface area contributed by atoms with Crippen LogP contribution in [0.1, 0.15) is 32.8 Å². The summed E-state index contributed by atoms with van der Waals surface area (Å²) in [5.41, 5.74) is 4.72. The maximum atomic E-state index is 14.4. The monoisotopic (exact) mass is 372 g/mol. The number of aliphatic imine (C=N–C) groups is 1. The predicted octanol–water partition coefficient (Wildman–Crippen LogP) is 2.91. The summed E-state index contributed by atoms with van der Waals surface area (Å²) >= 11 is 0. The summed E-state index contributed by atoms with van der Waals surface area (Å²) in [7, 11) is 0. The van der Waals surface area contributed by atoms with Gasteiger partial charge in [0.15, 0.2) is 5.76 Å². The second kappa shape index (κ2) is 8.35. The van der Waals surface area contributed by atoms with Crippen molar-refractivity contribution in [2.24, 2.45) is 4.99 Å². The predicted molar refractivity (Wildman–Crippen MR) is 103 cm³/mol. The van der Waals surface area contributed by atoms with Gasteiger partial charge in [-0.1, -0.05) is 32.9 Å². The van der Waals surface area contributed by atoms with Gasteiger partial charge in [0.05, 0.1) is 6.21 Å². The van der Waals surface area contributed by atoms with Crippen LogP contribution >= 0.6 is 0 Å². The van der Waals surface area contributed by atoms with Crippen molar-refractivity contribution >= 4 is 17.8 Å². The number of halogens is 1. The number of hydrogen-bond donors (Lipinski definition) is 1. The van der Waals surface area contributed by atoms with Crippen molar-refractivity contribution in [3.63, 3.8) is 0 Å². The Kier molecular flexibility index (Phi) is 5.91. The molecule has 0 atom stereocenters. The first-order valence-electron chi connectivity index (χ1n) is 9.34. The zero-order valence-corrected chi connectivity index (χ0v) is 16.0. The van der Waals surface area contributed by atoms with Crippen LogP contribution in [-0.4, -0.2) is 48.1 Å². The highest BCUT2D eigenvalue weighted by Gasteiger charge is 2.34. The number of hydroxylamine groups is 1. The van der Waals surface area contributed by atoms with E-state index >= 15 is 0 Å². The molecule has 1 N–H and O–H groups in total. The Morgan fingerprint density at radius 3 is 2.63 bits per heavy atom. The van der Waals surface area contributed by atoms with Crippen LogP contribution in [0, 0.1) is 5.82 Å². The van der Waals surface area contributed by atoms with Crippen LogP contribution in [0.2, 0.25) is 0 Å². The van der Waals surface area contributed by atoms with Crippen molar-refractivity contribution in [3.8, 4) is 0 Å². The fourth-order valence-corrected chi connectivity index (χ4v) is 3.26. The molecule has 0 saturated heterocycles. The van der Waals surface area contributed by atoms with Gasteiger partial charge in [0, 0.05) is 25.1 Å². The minimum atomic E-state index is -0.396. The van der Waals surface area contributed by atoms with Crippen molar-refractivity contribution < 1.29 is 14.0 Å². The second-order valence-corrected chi connectivity index (χ2v) is 6.31. The number of carbonyl (C=O) groups is 1. The number of likely N-dealkylation sites (N-methyl/N-ethyl adjacent to an activating group) is 1. The molecule has 0 radical (unpaired) electrons. The molecule has 7 heteroatoms. The Bertz CT molecular complexity index is 812. The first-order valence-corrected chi connectivity index (χ1v) is 9.34. The molecule has 0 aromatic heterocycles. The van der Waals surface area contributed by atoms with Gasteiger partial charge in [0.1, 0.15) is 22.9 Å². The van der Waals surface area contributed by atoms with Gasteiger partial charge in [-0.25, -0.2) is 14.9 Å². The fourth-order valence-electron chi connectivity index (χ4n) is 3.26. The van der Waals surface area contributed by atoms with Crippen LogP contribution in [0.3, 0.4) is 0 Å². The highest BCUT2D eigenvalue weighted by Crippen LogP contribution is 2.35. The largest absolute Gasteiger partial charge is 0.384 e. The molecule has 2 heterocycles. The summed E-state index contributed by atoms with van der Waals surface area (Å²) in [4.78, 5) is 26.6. The fraction of sp³-hybridized carbons (Fsp3) is 0.400. The summed E-state index contributed by atoms with van der Waals surface area (Å²) in [5, 5.41) is 0. The highest BCUT2D eigenvalue weighted by molar-refractivity contribution is 6.28. The molecule has 1 aromatic carbocycles. The highest BCUT2D eigenvalue weighted by atomic mass is 19.1. The quantitative estimate of drug-likeness (QED) is 0.800. The lowest BCUT2D eigenvalue weighted by Crippen LogP contribution is -2.39. The average molecular weight is 372 g/mol. The molecule has 6 nitrogen and oxygen atoms in total. The van der Waals surface area contributed by atoms with Crippen LogP contribution in [0.5, 0.6) is 0 Å². The Morgan fingerprint density at radius 1 is 1.22 bits per heavy atom. The molecule has 27 heavy (non-hydrogen) atoms. The lowest BCUT2D eigenvalue weighted by atomic mass is 10.1. The van der Waals surface area contributed by atoms with Crippen molar-refractivity contribution in [1.29, 1.82) is 0 Å². The van der Waals surface area contributed by atoms with Crippen molar-refractivity contribution in [2.45, 2.75) is 27.2 Å². The molecular weight excluding hydrogens is 347 g/mol. The molecule has 1 aromatic rings. The smallest absolute Gasteiger partial charge is 0.269 e. The Labute approximate surface area is 159 Å². The maximum absolute atomic E-state index is 14.4. The van der Waals surface area contributed by atoms with Crippen LogP contribution in [0.25, 0.3) is 5.70 Å². The van der Waals surface area contributed by atoms with Crippen LogP contribution in [0.15, 0.2) is 46.4 Å². The number of carbonyl (C=O) groups excluding carboxylic acids is 1. The topological polar surface area (TPSA) is 57.2 Å². The first kappa shape index (κ1) is 19.1. The molecule has 144 valence electrons. The van der Waals surface area contributed by atoms with Gasteiger partial charge in [-0.05, 0) is 25.2 Å². The second-order valence-electron chi connectivity index (χ2n) is 6.31. The van der Waals surface area contributed by atoms with Gasteiger partial charge >= 0.3 is 0 Å². The zero-order valence-electron chi connectivity index (χ0n) is 16.0. The van der Waals surface area contributed by atoms with E-state index in [9.17, 15) is 9.18 Å². The number of allylic oxidation sites excluding steroid dienone is 1. The molecule has 0 saturated carbocycles. The van der Waals surface area contributed by atoms with E-state index in [0.717, 1.165) is 19.6 Å². The van der Waals surface area contributed by atoms with Gasteiger partial charge in [0.2, 0.25) is 0 Å². The number of nitrogens with one attached hydrogen (secondary N) is 1. The molecule has 1 amide bonds. The average Bonchev–Trinajstić information content (AvgIpc) is 3.04. The summed E-state index contributed by atoms with van der Waals surface area (Å²) < 4.78 is 14.4. The van der Waals surface area contributed by atoms with Crippen LogP contribution in [0.4, 0.5) is 4.39 Å². The molecule has 0 fully saturated rings. The SMILES string of the molecule is CCC1=C2C(=C(c3ccccc3F)N=CC(=O)N2CCN(CC)CC)NO1. The Morgan fingerprint density at radius 2 is 1.96 bits per heavy atom. The van der Waals surface area contributed by atoms with Crippen molar-refractivity contribution in [1.82, 2.24) is 15.3 Å². The molecule has 2 aliphatic rings. The van der Waals surface area contributed by atoms with Gasteiger partial charge < -0.3 is 14.6 Å². The van der Waals surface area contributed by atoms with Crippen molar-refractivity contribution in [2.75, 3.05) is 26.2 Å². The minimum absolute atomic E-state index is 0.237. The van der Waals surface area contributed by atoms with Crippen molar-refractivity contribution in [3.05, 3.63) is 52.8 Å². The zero-order chi connectivity index (χ0) is 19.4. The number of nitrogens with zero attached hydrogens (tertiary/aromatic N) is 3. The lowest BCUT2D eigenvalue weighted by molar-refractivity contribution is -0.122. The molecule has 0 spiro atoms. The molecule has 0 unspecified atom stereocenters.